The van der Waals surface area contributed by atoms with Crippen LogP contribution in [0.2, 0.25) is 0 Å². The van der Waals surface area contributed by atoms with Crippen LogP contribution in [0.4, 0.5) is 17.1 Å². The normalized spacial score (nSPS) is 13.0. The number of nitrogens with two attached hydrogens (primary N) is 1. The Hall–Kier alpha value is -2.78. The number of fused-ring (bicyclic) bond motifs is 2. The quantitative estimate of drug-likeness (QED) is 0.507. The molecule has 0 radical (unpaired) electrons. The second kappa shape index (κ2) is 5.64. The number of hydrogen-bond acceptors (Lipinski definition) is 3. The predicted molar refractivity (Wildman–Crippen MR) is 103 cm³/mol. The monoisotopic (exact) mass is 330 g/mol. The zero-order valence-corrected chi connectivity index (χ0v) is 14.8. The summed E-state index contributed by atoms with van der Waals surface area (Å²) in [6, 6.07) is 22.9. The molecule has 3 nitrogen and oxygen atoms in total. The van der Waals surface area contributed by atoms with Gasteiger partial charge in [-0.2, -0.15) is 0 Å². The van der Waals surface area contributed by atoms with Crippen LogP contribution in [0.25, 0.3) is 0 Å². The van der Waals surface area contributed by atoms with Gasteiger partial charge in [-0.25, -0.2) is 0 Å². The number of benzene rings is 3. The van der Waals surface area contributed by atoms with Gasteiger partial charge in [0.1, 0.15) is 0 Å². The molecule has 126 valence electrons. The van der Waals surface area contributed by atoms with Gasteiger partial charge >= 0.3 is 0 Å². The van der Waals surface area contributed by atoms with Gasteiger partial charge in [0.2, 0.25) is 0 Å². The zero-order chi connectivity index (χ0) is 17.6. The van der Waals surface area contributed by atoms with Crippen molar-refractivity contribution < 1.29 is 4.74 Å². The van der Waals surface area contributed by atoms with E-state index in [-0.39, 0.29) is 0 Å². The van der Waals surface area contributed by atoms with Crippen LogP contribution in [0.5, 0.6) is 11.5 Å². The van der Waals surface area contributed by atoms with Crippen molar-refractivity contribution in [3.8, 4) is 11.5 Å². The molecule has 0 amide bonds. The van der Waals surface area contributed by atoms with Gasteiger partial charge in [0.25, 0.3) is 0 Å². The van der Waals surface area contributed by atoms with E-state index in [9.17, 15) is 0 Å². The van der Waals surface area contributed by atoms with Crippen LogP contribution in [-0.4, -0.2) is 0 Å². The molecule has 1 aliphatic rings. The Balaban J connectivity index is 1.93. The first-order valence-corrected chi connectivity index (χ1v) is 8.50. The largest absolute Gasteiger partial charge is 0.453 e. The highest BCUT2D eigenvalue weighted by atomic mass is 16.5. The highest BCUT2D eigenvalue weighted by Gasteiger charge is 2.27. The summed E-state index contributed by atoms with van der Waals surface area (Å²) >= 11 is 0. The van der Waals surface area contributed by atoms with E-state index in [4.69, 9.17) is 10.5 Å². The molecule has 0 saturated carbocycles. The maximum absolute atomic E-state index is 6.29. The average molecular weight is 330 g/mol. The van der Waals surface area contributed by atoms with Gasteiger partial charge in [0.15, 0.2) is 11.5 Å². The van der Waals surface area contributed by atoms with E-state index in [1.807, 2.05) is 19.9 Å². The third kappa shape index (κ3) is 2.77. The Morgan fingerprint density at radius 2 is 1.48 bits per heavy atom. The molecule has 0 bridgehead atoms. The van der Waals surface area contributed by atoms with Gasteiger partial charge in [0, 0.05) is 11.2 Å². The van der Waals surface area contributed by atoms with Crippen molar-refractivity contribution in [2.45, 2.75) is 26.3 Å². The van der Waals surface area contributed by atoms with Crippen LogP contribution in [0, 0.1) is 6.92 Å². The number of hydrogen-bond donors (Lipinski definition) is 1. The first-order chi connectivity index (χ1) is 11.9. The van der Waals surface area contributed by atoms with Crippen molar-refractivity contribution in [1.29, 1.82) is 0 Å². The van der Waals surface area contributed by atoms with Crippen LogP contribution in [0.3, 0.4) is 0 Å². The molecule has 0 saturated heterocycles. The Bertz CT molecular complexity index is 927. The summed E-state index contributed by atoms with van der Waals surface area (Å²) in [5, 5.41) is 0. The zero-order valence-electron chi connectivity index (χ0n) is 14.8. The molecule has 0 fully saturated rings. The first kappa shape index (κ1) is 15.7. The van der Waals surface area contributed by atoms with Crippen LogP contribution in [0.15, 0.2) is 66.7 Å². The van der Waals surface area contributed by atoms with E-state index in [0.29, 0.717) is 0 Å². The number of aryl methyl sites for hydroxylation is 1. The van der Waals surface area contributed by atoms with Crippen LogP contribution < -0.4 is 15.4 Å². The lowest BCUT2D eigenvalue weighted by atomic mass is 9.94. The molecule has 1 aliphatic heterocycles. The molecule has 0 atom stereocenters. The standard InChI is InChI=1S/C22H22N2O/c1-15-9-11-18-20(13-15)25-21-14-16(22(2,3)23)10-12-19(21)24(18)17-7-5-4-6-8-17/h4-14H,23H2,1-3H3. The van der Waals surface area contributed by atoms with E-state index in [1.54, 1.807) is 0 Å². The summed E-state index contributed by atoms with van der Waals surface area (Å²) in [7, 11) is 0. The minimum absolute atomic E-state index is 0.414. The fraction of sp³-hybridized carbons (Fsp3) is 0.182. The fourth-order valence-corrected chi connectivity index (χ4v) is 3.17. The second-order valence-electron chi connectivity index (χ2n) is 7.15. The summed E-state index contributed by atoms with van der Waals surface area (Å²) in [6.07, 6.45) is 0. The highest BCUT2D eigenvalue weighted by Crippen LogP contribution is 2.51. The van der Waals surface area contributed by atoms with E-state index in [2.05, 4.69) is 72.5 Å². The Morgan fingerprint density at radius 1 is 0.840 bits per heavy atom. The van der Waals surface area contributed by atoms with E-state index < -0.39 is 5.54 Å². The Morgan fingerprint density at radius 3 is 2.16 bits per heavy atom. The maximum atomic E-state index is 6.29. The molecule has 0 spiro atoms. The minimum atomic E-state index is -0.414. The molecule has 3 aromatic carbocycles. The summed E-state index contributed by atoms with van der Waals surface area (Å²) in [5.41, 5.74) is 11.3. The van der Waals surface area contributed by atoms with Crippen molar-refractivity contribution in [2.24, 2.45) is 5.73 Å². The first-order valence-electron chi connectivity index (χ1n) is 8.50. The third-order valence-corrected chi connectivity index (χ3v) is 4.54. The molecule has 0 unspecified atom stereocenters. The lowest BCUT2D eigenvalue weighted by molar-refractivity contribution is 0.471. The molecule has 3 aromatic rings. The lowest BCUT2D eigenvalue weighted by Gasteiger charge is -2.34. The molecule has 0 aliphatic carbocycles. The van der Waals surface area contributed by atoms with Gasteiger partial charge < -0.3 is 15.4 Å². The molecule has 2 N–H and O–H groups in total. The number of anilines is 3. The second-order valence-corrected chi connectivity index (χ2v) is 7.15. The molecular weight excluding hydrogens is 308 g/mol. The van der Waals surface area contributed by atoms with Gasteiger partial charge in [-0.1, -0.05) is 30.3 Å². The minimum Gasteiger partial charge on any atom is -0.453 e. The Labute approximate surface area is 148 Å². The van der Waals surface area contributed by atoms with Crippen molar-refractivity contribution >= 4 is 17.1 Å². The number of rotatable bonds is 2. The molecule has 4 rings (SSSR count). The number of para-hydroxylation sites is 1. The van der Waals surface area contributed by atoms with Crippen molar-refractivity contribution in [3.63, 3.8) is 0 Å². The van der Waals surface area contributed by atoms with E-state index in [0.717, 1.165) is 34.1 Å². The van der Waals surface area contributed by atoms with Gasteiger partial charge in [0.05, 0.1) is 11.4 Å². The molecule has 1 heterocycles. The number of ether oxygens (including phenoxy) is 1. The average Bonchev–Trinajstić information content (AvgIpc) is 2.59. The molecule has 25 heavy (non-hydrogen) atoms. The van der Waals surface area contributed by atoms with Crippen LogP contribution in [0.1, 0.15) is 25.0 Å². The van der Waals surface area contributed by atoms with E-state index in [1.165, 1.54) is 5.56 Å². The molecule has 0 aromatic heterocycles. The van der Waals surface area contributed by atoms with Gasteiger partial charge in [-0.15, -0.1) is 0 Å². The maximum Gasteiger partial charge on any atom is 0.151 e. The van der Waals surface area contributed by atoms with Gasteiger partial charge in [-0.3, -0.25) is 0 Å². The topological polar surface area (TPSA) is 38.5 Å². The SMILES string of the molecule is Cc1ccc2c(c1)Oc1cc(C(C)(C)N)ccc1N2c1ccccc1. The smallest absolute Gasteiger partial charge is 0.151 e. The summed E-state index contributed by atoms with van der Waals surface area (Å²) in [4.78, 5) is 2.24. The Kier molecular flexibility index (Phi) is 3.55. The van der Waals surface area contributed by atoms with Crippen molar-refractivity contribution in [1.82, 2.24) is 0 Å². The molecular formula is C22H22N2O. The predicted octanol–water partition coefficient (Wildman–Crippen LogP) is 5.76. The van der Waals surface area contributed by atoms with Gasteiger partial charge in [-0.05, 0) is 68.3 Å². The third-order valence-electron chi connectivity index (χ3n) is 4.54. The summed E-state index contributed by atoms with van der Waals surface area (Å²) in [6.45, 7) is 6.08. The fourth-order valence-electron chi connectivity index (χ4n) is 3.17. The number of nitrogens with zero attached hydrogens (tertiary/aromatic N) is 1. The van der Waals surface area contributed by atoms with Crippen LogP contribution >= 0.6 is 0 Å². The van der Waals surface area contributed by atoms with E-state index >= 15 is 0 Å². The molecule has 3 heteroatoms. The van der Waals surface area contributed by atoms with Crippen molar-refractivity contribution in [3.05, 3.63) is 77.9 Å². The lowest BCUT2D eigenvalue weighted by Crippen LogP contribution is -2.28. The summed E-state index contributed by atoms with van der Waals surface area (Å²) in [5.74, 6) is 1.70. The highest BCUT2D eigenvalue weighted by molar-refractivity contribution is 5.86. The van der Waals surface area contributed by atoms with Crippen molar-refractivity contribution in [2.75, 3.05) is 4.90 Å². The van der Waals surface area contributed by atoms with Crippen LogP contribution in [-0.2, 0) is 5.54 Å². The summed E-state index contributed by atoms with van der Waals surface area (Å²) < 4.78 is 6.25.